The fourth-order valence-corrected chi connectivity index (χ4v) is 0.340. The molecule has 0 unspecified atom stereocenters. The van der Waals surface area contributed by atoms with Crippen LogP contribution in [-0.4, -0.2) is 0 Å². The molecule has 12 heavy (non-hydrogen) atoms. The monoisotopic (exact) mass is 374 g/mol. The summed E-state index contributed by atoms with van der Waals surface area (Å²) in [7, 11) is 0. The number of hydrogen-bond acceptors (Lipinski definition) is 0. The standard InChI is InChI=1S/C5H5.C4H9.2ClH.Hf/c1-2-4-5-3-1;1-3-4-2;;;/h1-3H,4H2;1,3-4H2,2H3;2*1H;/q2*-1;;;. The molecule has 0 nitrogen and oxygen atoms in total. The minimum Gasteiger partial charge on any atom is -0.343 e. The quantitative estimate of drug-likeness (QED) is 0.485. The molecule has 3 heteroatoms. The van der Waals surface area contributed by atoms with Gasteiger partial charge in [0.15, 0.2) is 0 Å². The molecule has 0 heterocycles. The topological polar surface area (TPSA) is 0 Å². The van der Waals surface area contributed by atoms with Crippen LogP contribution in [0, 0.1) is 13.0 Å². The van der Waals surface area contributed by atoms with Gasteiger partial charge in [-0.2, -0.15) is 12.5 Å². The Hall–Kier alpha value is 0.930. The Bertz CT molecular complexity index is 88.7. The fraction of sp³-hybridized carbons (Fsp3) is 0.444. The molecule has 0 aromatic carbocycles. The van der Waals surface area contributed by atoms with Crippen LogP contribution in [0.15, 0.2) is 18.2 Å². The Morgan fingerprint density at radius 1 is 1.42 bits per heavy atom. The Labute approximate surface area is 107 Å². The van der Waals surface area contributed by atoms with Crippen molar-refractivity contribution in [2.45, 2.75) is 26.2 Å². The van der Waals surface area contributed by atoms with Crippen molar-refractivity contribution in [3.8, 4) is 0 Å². The van der Waals surface area contributed by atoms with E-state index in [4.69, 9.17) is 0 Å². The molecule has 1 rings (SSSR count). The van der Waals surface area contributed by atoms with E-state index in [1.807, 2.05) is 12.2 Å². The van der Waals surface area contributed by atoms with Gasteiger partial charge in [-0.3, -0.25) is 6.08 Å². The largest absolute Gasteiger partial charge is 0.343 e. The Balaban J connectivity index is -0.0000000436. The molecule has 72 valence electrons. The zero-order valence-corrected chi connectivity index (χ0v) is 12.6. The van der Waals surface area contributed by atoms with Crippen LogP contribution in [0.2, 0.25) is 0 Å². The van der Waals surface area contributed by atoms with E-state index in [0.29, 0.717) is 0 Å². The second-order valence-electron chi connectivity index (χ2n) is 1.86. The Morgan fingerprint density at radius 3 is 2.00 bits per heavy atom. The van der Waals surface area contributed by atoms with Crippen molar-refractivity contribution >= 4 is 24.8 Å². The number of hydrogen-bond donors (Lipinski definition) is 0. The second-order valence-corrected chi connectivity index (χ2v) is 1.86. The summed E-state index contributed by atoms with van der Waals surface area (Å²) in [5.41, 5.74) is 0. The van der Waals surface area contributed by atoms with Gasteiger partial charge >= 0.3 is 0 Å². The fourth-order valence-electron chi connectivity index (χ4n) is 0.340. The van der Waals surface area contributed by atoms with Gasteiger partial charge in [0.2, 0.25) is 0 Å². The first-order valence-corrected chi connectivity index (χ1v) is 3.42. The number of allylic oxidation sites excluding steroid dienone is 4. The maximum atomic E-state index is 3.60. The smallest absolute Gasteiger partial charge is 0 e. The van der Waals surface area contributed by atoms with Crippen LogP contribution in [0.3, 0.4) is 0 Å². The first kappa shape index (κ1) is 23.1. The third kappa shape index (κ3) is 22.4. The number of unbranched alkanes of at least 4 members (excludes halogenated alkanes) is 1. The molecule has 0 aromatic rings. The van der Waals surface area contributed by atoms with Gasteiger partial charge in [-0.25, -0.2) is 12.2 Å². The van der Waals surface area contributed by atoms with Crippen LogP contribution < -0.4 is 0 Å². The van der Waals surface area contributed by atoms with E-state index in [1.54, 1.807) is 0 Å². The van der Waals surface area contributed by atoms with E-state index in [9.17, 15) is 0 Å². The molecular formula is C9H16Cl2Hf-2. The van der Waals surface area contributed by atoms with Crippen LogP contribution in [0.1, 0.15) is 26.2 Å². The third-order valence-corrected chi connectivity index (χ3v) is 0.939. The molecule has 0 radical (unpaired) electrons. The van der Waals surface area contributed by atoms with E-state index in [0.717, 1.165) is 12.8 Å². The molecule has 0 atom stereocenters. The predicted molar refractivity (Wildman–Crippen MR) is 56.3 cm³/mol. The molecule has 0 amide bonds. The van der Waals surface area contributed by atoms with Gasteiger partial charge in [0.25, 0.3) is 0 Å². The molecule has 1 aliphatic carbocycles. The van der Waals surface area contributed by atoms with Crippen molar-refractivity contribution < 1.29 is 25.8 Å². The summed E-state index contributed by atoms with van der Waals surface area (Å²) in [5.74, 6) is 0. The average Bonchev–Trinajstić information content (AvgIpc) is 2.43. The molecule has 0 N–H and O–H groups in total. The normalized spacial score (nSPS) is 9.83. The van der Waals surface area contributed by atoms with Gasteiger partial charge in [-0.05, 0) is 0 Å². The minimum atomic E-state index is 0. The van der Waals surface area contributed by atoms with Gasteiger partial charge in [0, 0.05) is 25.8 Å². The Kier molecular flexibility index (Phi) is 43.6. The molecule has 0 bridgehead atoms. The van der Waals surface area contributed by atoms with Crippen molar-refractivity contribution in [1.82, 2.24) is 0 Å². The van der Waals surface area contributed by atoms with Crippen LogP contribution in [-0.2, 0) is 25.8 Å². The SMILES string of the molecule is Cl.Cl.[C-]1=CC=CC1.[CH2-]CCC.[Hf]. The first-order chi connectivity index (χ1) is 4.41. The summed E-state index contributed by atoms with van der Waals surface area (Å²) in [6, 6.07) is 0. The second kappa shape index (κ2) is 22.7. The zero-order chi connectivity index (χ0) is 6.95. The van der Waals surface area contributed by atoms with E-state index in [2.05, 4.69) is 26.0 Å². The molecule has 0 aromatic heterocycles. The van der Waals surface area contributed by atoms with Gasteiger partial charge in [-0.15, -0.1) is 31.2 Å². The minimum absolute atomic E-state index is 0. The van der Waals surface area contributed by atoms with Crippen molar-refractivity contribution in [3.05, 3.63) is 31.2 Å². The molecule has 1 aliphatic rings. The van der Waals surface area contributed by atoms with Gasteiger partial charge in [-0.1, -0.05) is 13.3 Å². The molecule has 0 aliphatic heterocycles. The van der Waals surface area contributed by atoms with Gasteiger partial charge in [0.05, 0.1) is 0 Å². The van der Waals surface area contributed by atoms with E-state index in [1.165, 1.54) is 6.42 Å². The van der Waals surface area contributed by atoms with Crippen molar-refractivity contribution in [3.63, 3.8) is 0 Å². The third-order valence-electron chi connectivity index (χ3n) is 0.939. The summed E-state index contributed by atoms with van der Waals surface area (Å²) in [4.78, 5) is 0. The maximum absolute atomic E-state index is 3.60. The van der Waals surface area contributed by atoms with E-state index >= 15 is 0 Å². The summed E-state index contributed by atoms with van der Waals surface area (Å²) in [6.45, 7) is 5.72. The molecule has 0 saturated heterocycles. The summed E-state index contributed by atoms with van der Waals surface area (Å²) < 4.78 is 0. The number of halogens is 2. The van der Waals surface area contributed by atoms with Crippen molar-refractivity contribution in [1.29, 1.82) is 0 Å². The van der Waals surface area contributed by atoms with Gasteiger partial charge < -0.3 is 6.92 Å². The van der Waals surface area contributed by atoms with Crippen molar-refractivity contribution in [2.24, 2.45) is 0 Å². The summed E-state index contributed by atoms with van der Waals surface area (Å²) in [5, 5.41) is 0. The van der Waals surface area contributed by atoms with Gasteiger partial charge in [0.1, 0.15) is 0 Å². The molecule has 0 saturated carbocycles. The van der Waals surface area contributed by atoms with E-state index < -0.39 is 0 Å². The van der Waals surface area contributed by atoms with Crippen LogP contribution in [0.25, 0.3) is 0 Å². The number of rotatable bonds is 1. The molecular weight excluding hydrogens is 357 g/mol. The summed E-state index contributed by atoms with van der Waals surface area (Å²) >= 11 is 0. The van der Waals surface area contributed by atoms with Crippen LogP contribution in [0.5, 0.6) is 0 Å². The van der Waals surface area contributed by atoms with E-state index in [-0.39, 0.29) is 50.7 Å². The van der Waals surface area contributed by atoms with Crippen molar-refractivity contribution in [2.75, 3.05) is 0 Å². The zero-order valence-electron chi connectivity index (χ0n) is 7.38. The average molecular weight is 374 g/mol. The Morgan fingerprint density at radius 2 is 1.92 bits per heavy atom. The molecule has 0 spiro atoms. The van der Waals surface area contributed by atoms with Crippen LogP contribution >= 0.6 is 24.8 Å². The first-order valence-electron chi connectivity index (χ1n) is 3.42. The predicted octanol–water partition coefficient (Wildman–Crippen LogP) is 3.77. The maximum Gasteiger partial charge on any atom is 0 e. The summed E-state index contributed by atoms with van der Waals surface area (Å²) in [6.07, 6.45) is 12.3. The molecule has 0 fully saturated rings. The van der Waals surface area contributed by atoms with Crippen LogP contribution in [0.4, 0.5) is 0 Å².